The number of fused-ring (bicyclic) bond motifs is 1. The summed E-state index contributed by atoms with van der Waals surface area (Å²) in [4.78, 5) is 19.9. The number of alkyl halides is 1. The number of nitrogen functional groups attached to an aromatic ring is 1. The predicted octanol–water partition coefficient (Wildman–Crippen LogP) is 3.62. The number of nitrogens with zero attached hydrogens (tertiary/aromatic N) is 2. The summed E-state index contributed by atoms with van der Waals surface area (Å²) < 4.78 is 34.3. The number of nitrogens with two attached hydrogens (primary N) is 1. The number of hydrogen-bond acceptors (Lipinski definition) is 5. The van der Waals surface area contributed by atoms with Crippen LogP contribution < -0.4 is 16.4 Å². The summed E-state index contributed by atoms with van der Waals surface area (Å²) in [6, 6.07) is 2.46. The maximum absolute atomic E-state index is 15.0. The lowest BCUT2D eigenvalue weighted by molar-refractivity contribution is 0.199. The number of furan rings is 1. The normalized spacial score (nSPS) is 16.1. The van der Waals surface area contributed by atoms with Crippen molar-refractivity contribution < 1.29 is 18.0 Å². The van der Waals surface area contributed by atoms with E-state index in [0.717, 1.165) is 0 Å². The summed E-state index contributed by atoms with van der Waals surface area (Å²) in [6.45, 7) is 1.72. The van der Waals surface area contributed by atoms with Crippen molar-refractivity contribution in [2.24, 2.45) is 0 Å². The van der Waals surface area contributed by atoms with Crippen LogP contribution in [0.1, 0.15) is 30.2 Å². The van der Waals surface area contributed by atoms with E-state index in [1.54, 1.807) is 6.92 Å². The first-order valence-corrected chi connectivity index (χ1v) is 8.38. The average molecular weight is 373 g/mol. The largest absolute Gasteiger partial charge is 0.458 e. The summed E-state index contributed by atoms with van der Waals surface area (Å²) in [6.07, 6.45) is 3.28. The molecule has 7 nitrogen and oxygen atoms in total. The predicted molar refractivity (Wildman–Crippen MR) is 95.3 cm³/mol. The van der Waals surface area contributed by atoms with Crippen molar-refractivity contribution in [3.63, 3.8) is 0 Å². The van der Waals surface area contributed by atoms with Crippen molar-refractivity contribution in [1.29, 1.82) is 0 Å². The highest BCUT2D eigenvalue weighted by Gasteiger charge is 2.53. The van der Waals surface area contributed by atoms with Crippen LogP contribution in [0.2, 0.25) is 0 Å². The van der Waals surface area contributed by atoms with Gasteiger partial charge >= 0.3 is 6.03 Å². The molecule has 2 aromatic heterocycles. The van der Waals surface area contributed by atoms with Crippen LogP contribution in [-0.2, 0) is 0 Å². The molecule has 1 atom stereocenters. The third-order valence-corrected chi connectivity index (χ3v) is 4.65. The van der Waals surface area contributed by atoms with Crippen molar-refractivity contribution in [2.45, 2.75) is 31.5 Å². The van der Waals surface area contributed by atoms with Crippen LogP contribution >= 0.6 is 0 Å². The van der Waals surface area contributed by atoms with Crippen molar-refractivity contribution in [3.05, 3.63) is 47.7 Å². The minimum atomic E-state index is -1.61. The number of anilines is 2. The number of nitrogens with one attached hydrogen (secondary N) is 2. The SMILES string of the molecule is Cc1c(C(NC(=O)Nc2cnc(N)nc2)C2(F)CC2)oc2ccc(F)cc12. The molecule has 0 aliphatic heterocycles. The van der Waals surface area contributed by atoms with E-state index in [1.807, 2.05) is 0 Å². The first-order chi connectivity index (χ1) is 12.9. The van der Waals surface area contributed by atoms with E-state index in [4.69, 9.17) is 10.2 Å². The molecule has 2 amide bonds. The molecule has 27 heavy (non-hydrogen) atoms. The second-order valence-electron chi connectivity index (χ2n) is 6.63. The second-order valence-corrected chi connectivity index (χ2v) is 6.63. The van der Waals surface area contributed by atoms with E-state index < -0.39 is 23.6 Å². The number of amides is 2. The van der Waals surface area contributed by atoms with Gasteiger partial charge in [0.1, 0.15) is 28.9 Å². The smallest absolute Gasteiger partial charge is 0.320 e. The minimum absolute atomic E-state index is 0.0738. The highest BCUT2D eigenvalue weighted by Crippen LogP contribution is 2.51. The maximum atomic E-state index is 15.0. The van der Waals surface area contributed by atoms with Crippen molar-refractivity contribution in [2.75, 3.05) is 11.1 Å². The Kier molecular flexibility index (Phi) is 3.94. The topological polar surface area (TPSA) is 106 Å². The van der Waals surface area contributed by atoms with Crippen molar-refractivity contribution in [1.82, 2.24) is 15.3 Å². The van der Waals surface area contributed by atoms with Gasteiger partial charge in [0.05, 0.1) is 18.1 Å². The highest BCUT2D eigenvalue weighted by atomic mass is 19.1. The van der Waals surface area contributed by atoms with Crippen LogP contribution in [0.5, 0.6) is 0 Å². The van der Waals surface area contributed by atoms with Gasteiger partial charge in [-0.15, -0.1) is 0 Å². The minimum Gasteiger partial charge on any atom is -0.458 e. The fraction of sp³-hybridized carbons (Fsp3) is 0.278. The van der Waals surface area contributed by atoms with E-state index in [0.29, 0.717) is 35.1 Å². The van der Waals surface area contributed by atoms with Gasteiger partial charge in [0, 0.05) is 10.9 Å². The Bertz CT molecular complexity index is 1010. The van der Waals surface area contributed by atoms with Gasteiger partial charge < -0.3 is 20.8 Å². The van der Waals surface area contributed by atoms with E-state index >= 15 is 0 Å². The number of hydrogen-bond donors (Lipinski definition) is 3. The molecule has 1 unspecified atom stereocenters. The lowest BCUT2D eigenvalue weighted by Gasteiger charge is -2.21. The van der Waals surface area contributed by atoms with E-state index in [2.05, 4.69) is 20.6 Å². The first-order valence-electron chi connectivity index (χ1n) is 8.38. The number of carbonyl (C=O) groups is 1. The van der Waals surface area contributed by atoms with E-state index in [-0.39, 0.29) is 11.7 Å². The summed E-state index contributed by atoms with van der Waals surface area (Å²) in [7, 11) is 0. The lowest BCUT2D eigenvalue weighted by atomic mass is 10.0. The summed E-state index contributed by atoms with van der Waals surface area (Å²) in [5, 5.41) is 5.70. The molecule has 1 saturated carbocycles. The van der Waals surface area contributed by atoms with Gasteiger partial charge in [-0.1, -0.05) is 0 Å². The molecule has 1 aliphatic rings. The van der Waals surface area contributed by atoms with Gasteiger partial charge in [-0.25, -0.2) is 23.5 Å². The number of halogens is 2. The molecule has 4 rings (SSSR count). The van der Waals surface area contributed by atoms with Crippen LogP contribution in [0.15, 0.2) is 35.0 Å². The lowest BCUT2D eigenvalue weighted by Crippen LogP contribution is -2.38. The third-order valence-electron chi connectivity index (χ3n) is 4.65. The Labute approximate surface area is 153 Å². The molecule has 0 spiro atoms. The standard InChI is InChI=1S/C18H17F2N5O2/c1-9-12-6-10(19)2-3-13(12)27-14(9)15(18(20)4-5-18)25-17(26)24-11-7-22-16(21)23-8-11/h2-3,6-8,15H,4-5H2,1H3,(H2,21,22,23)(H2,24,25,26). The monoisotopic (exact) mass is 373 g/mol. The Hall–Kier alpha value is -3.23. The third kappa shape index (κ3) is 3.27. The first kappa shape index (κ1) is 17.2. The molecular formula is C18H17F2N5O2. The van der Waals surface area contributed by atoms with Crippen LogP contribution in [-0.4, -0.2) is 21.7 Å². The van der Waals surface area contributed by atoms with Gasteiger partial charge in [0.2, 0.25) is 5.95 Å². The quantitative estimate of drug-likeness (QED) is 0.648. The van der Waals surface area contributed by atoms with Crippen LogP contribution in [0.4, 0.5) is 25.2 Å². The van der Waals surface area contributed by atoms with Gasteiger partial charge in [0.15, 0.2) is 0 Å². The van der Waals surface area contributed by atoms with Crippen molar-refractivity contribution in [3.8, 4) is 0 Å². The molecule has 140 valence electrons. The zero-order valence-corrected chi connectivity index (χ0v) is 14.4. The van der Waals surface area contributed by atoms with Gasteiger partial charge in [-0.2, -0.15) is 0 Å². The van der Waals surface area contributed by atoms with Crippen LogP contribution in [0, 0.1) is 12.7 Å². The number of benzene rings is 1. The fourth-order valence-electron chi connectivity index (χ4n) is 3.03. The number of aryl methyl sites for hydroxylation is 1. The molecule has 9 heteroatoms. The molecule has 2 heterocycles. The molecule has 0 bridgehead atoms. The molecule has 0 radical (unpaired) electrons. The number of urea groups is 1. The molecule has 0 saturated heterocycles. The second kappa shape index (κ2) is 6.19. The van der Waals surface area contributed by atoms with Crippen LogP contribution in [0.25, 0.3) is 11.0 Å². The Morgan fingerprint density at radius 1 is 1.33 bits per heavy atom. The van der Waals surface area contributed by atoms with E-state index in [9.17, 15) is 13.6 Å². The van der Waals surface area contributed by atoms with Crippen LogP contribution in [0.3, 0.4) is 0 Å². The number of rotatable bonds is 4. The van der Waals surface area contributed by atoms with Gasteiger partial charge in [0.25, 0.3) is 0 Å². The number of carbonyl (C=O) groups excluding carboxylic acids is 1. The summed E-state index contributed by atoms with van der Waals surface area (Å²) >= 11 is 0. The van der Waals surface area contributed by atoms with Gasteiger partial charge in [-0.3, -0.25) is 0 Å². The summed E-state index contributed by atoms with van der Waals surface area (Å²) in [5.41, 5.74) is 5.14. The zero-order valence-electron chi connectivity index (χ0n) is 14.4. The Morgan fingerprint density at radius 3 is 2.70 bits per heavy atom. The molecule has 1 aliphatic carbocycles. The molecule has 1 aromatic carbocycles. The molecule has 4 N–H and O–H groups in total. The Balaban J connectivity index is 1.62. The Morgan fingerprint density at radius 2 is 2.04 bits per heavy atom. The van der Waals surface area contributed by atoms with E-state index in [1.165, 1.54) is 30.6 Å². The highest BCUT2D eigenvalue weighted by molar-refractivity contribution is 5.89. The fourth-order valence-corrected chi connectivity index (χ4v) is 3.03. The molecular weight excluding hydrogens is 356 g/mol. The zero-order chi connectivity index (χ0) is 19.2. The number of aromatic nitrogens is 2. The molecule has 1 fully saturated rings. The average Bonchev–Trinajstić information content (AvgIpc) is 3.31. The van der Waals surface area contributed by atoms with Gasteiger partial charge in [-0.05, 0) is 38.0 Å². The molecule has 3 aromatic rings. The maximum Gasteiger partial charge on any atom is 0.320 e. The van der Waals surface area contributed by atoms with Crippen molar-refractivity contribution >= 4 is 28.6 Å². The summed E-state index contributed by atoms with van der Waals surface area (Å²) in [5.74, 6) is -0.0612.